The van der Waals surface area contributed by atoms with Gasteiger partial charge in [0.1, 0.15) is 0 Å². The van der Waals surface area contributed by atoms with E-state index < -0.39 is 5.60 Å². The number of nitrogens with one attached hydrogen (secondary N) is 1. The maximum atomic E-state index is 10.4. The van der Waals surface area contributed by atoms with Crippen molar-refractivity contribution in [2.24, 2.45) is 0 Å². The lowest BCUT2D eigenvalue weighted by molar-refractivity contribution is 0.0199. The van der Waals surface area contributed by atoms with Gasteiger partial charge in [0.2, 0.25) is 0 Å². The van der Waals surface area contributed by atoms with Crippen molar-refractivity contribution in [1.82, 2.24) is 15.2 Å². The number of hydrogen-bond donors (Lipinski definition) is 2. The van der Waals surface area contributed by atoms with Crippen LogP contribution in [0.25, 0.3) is 0 Å². The molecule has 1 aromatic heterocycles. The van der Waals surface area contributed by atoms with Crippen LogP contribution in [0.2, 0.25) is 0 Å². The Morgan fingerprint density at radius 3 is 2.82 bits per heavy atom. The van der Waals surface area contributed by atoms with Crippen LogP contribution in [0.15, 0.2) is 24.5 Å². The Kier molecular flexibility index (Phi) is 4.10. The van der Waals surface area contributed by atoms with E-state index in [4.69, 9.17) is 0 Å². The molecule has 1 aromatic rings. The molecule has 0 bridgehead atoms. The first kappa shape index (κ1) is 12.5. The lowest BCUT2D eigenvalue weighted by atomic mass is 10.0. The summed E-state index contributed by atoms with van der Waals surface area (Å²) >= 11 is 0. The van der Waals surface area contributed by atoms with Crippen molar-refractivity contribution < 1.29 is 5.11 Å². The van der Waals surface area contributed by atoms with Gasteiger partial charge in [0, 0.05) is 32.0 Å². The molecule has 0 aliphatic carbocycles. The summed E-state index contributed by atoms with van der Waals surface area (Å²) in [4.78, 5) is 6.30. The number of β-amino-alcohol motifs (C(OH)–C–C–N with tert-alkyl or cyclic N) is 1. The van der Waals surface area contributed by atoms with Gasteiger partial charge >= 0.3 is 0 Å². The van der Waals surface area contributed by atoms with Crippen LogP contribution in [-0.4, -0.2) is 46.8 Å². The van der Waals surface area contributed by atoms with Crippen LogP contribution in [0.4, 0.5) is 0 Å². The summed E-state index contributed by atoms with van der Waals surface area (Å²) in [6, 6.07) is 4.05. The Morgan fingerprint density at radius 1 is 1.47 bits per heavy atom. The van der Waals surface area contributed by atoms with Crippen LogP contribution < -0.4 is 5.32 Å². The molecule has 4 nitrogen and oxygen atoms in total. The molecule has 1 saturated heterocycles. The predicted molar refractivity (Wildman–Crippen MR) is 67.6 cm³/mol. The van der Waals surface area contributed by atoms with E-state index in [1.54, 1.807) is 0 Å². The highest BCUT2D eigenvalue weighted by atomic mass is 16.3. The van der Waals surface area contributed by atoms with Crippen molar-refractivity contribution in [2.45, 2.75) is 25.5 Å². The predicted octanol–water partition coefficient (Wildman–Crippen LogP) is 0.628. The van der Waals surface area contributed by atoms with E-state index in [2.05, 4.69) is 22.1 Å². The number of nitrogens with zero attached hydrogens (tertiary/aromatic N) is 2. The first-order valence-corrected chi connectivity index (χ1v) is 6.26. The highest BCUT2D eigenvalue weighted by molar-refractivity contribution is 5.09. The van der Waals surface area contributed by atoms with Crippen LogP contribution >= 0.6 is 0 Å². The molecule has 2 heterocycles. The molecular weight excluding hydrogens is 214 g/mol. The first-order chi connectivity index (χ1) is 8.22. The van der Waals surface area contributed by atoms with Crippen LogP contribution in [-0.2, 0) is 6.54 Å². The van der Waals surface area contributed by atoms with E-state index in [-0.39, 0.29) is 0 Å². The van der Waals surface area contributed by atoms with E-state index in [1.165, 1.54) is 5.56 Å². The summed E-state index contributed by atoms with van der Waals surface area (Å²) < 4.78 is 0. The van der Waals surface area contributed by atoms with Gasteiger partial charge in [-0.25, -0.2) is 0 Å². The standard InChI is InChI=1S/C13H21N3O/c1-2-16(9-12-3-6-14-7-4-12)11-13(17)5-8-15-10-13/h3-4,6-7,15,17H,2,5,8-11H2,1H3. The zero-order valence-electron chi connectivity index (χ0n) is 10.4. The molecule has 4 heteroatoms. The third kappa shape index (κ3) is 3.49. The molecular formula is C13H21N3O. The van der Waals surface area contributed by atoms with Gasteiger partial charge in [-0.1, -0.05) is 6.92 Å². The second-order valence-electron chi connectivity index (χ2n) is 4.81. The molecule has 1 atom stereocenters. The second-order valence-corrected chi connectivity index (χ2v) is 4.81. The first-order valence-electron chi connectivity index (χ1n) is 6.26. The topological polar surface area (TPSA) is 48.4 Å². The number of hydrogen-bond acceptors (Lipinski definition) is 4. The number of pyridine rings is 1. The smallest absolute Gasteiger partial charge is 0.0909 e. The van der Waals surface area contributed by atoms with E-state index >= 15 is 0 Å². The van der Waals surface area contributed by atoms with Gasteiger partial charge in [0.05, 0.1) is 5.60 Å². The fourth-order valence-corrected chi connectivity index (χ4v) is 2.31. The van der Waals surface area contributed by atoms with Gasteiger partial charge in [-0.15, -0.1) is 0 Å². The van der Waals surface area contributed by atoms with Gasteiger partial charge < -0.3 is 10.4 Å². The van der Waals surface area contributed by atoms with Crippen molar-refractivity contribution >= 4 is 0 Å². The van der Waals surface area contributed by atoms with E-state index in [0.29, 0.717) is 6.54 Å². The highest BCUT2D eigenvalue weighted by Gasteiger charge is 2.32. The molecule has 1 fully saturated rings. The van der Waals surface area contributed by atoms with Gasteiger partial charge in [-0.2, -0.15) is 0 Å². The minimum absolute atomic E-state index is 0.553. The number of aromatic nitrogens is 1. The fourth-order valence-electron chi connectivity index (χ4n) is 2.31. The molecule has 1 aliphatic rings. The van der Waals surface area contributed by atoms with Crippen molar-refractivity contribution in [1.29, 1.82) is 0 Å². The van der Waals surface area contributed by atoms with Crippen molar-refractivity contribution in [2.75, 3.05) is 26.2 Å². The Labute approximate surface area is 103 Å². The molecule has 94 valence electrons. The molecule has 0 radical (unpaired) electrons. The maximum Gasteiger partial charge on any atom is 0.0909 e. The molecule has 0 spiro atoms. The molecule has 1 unspecified atom stereocenters. The van der Waals surface area contributed by atoms with E-state index in [9.17, 15) is 5.11 Å². The van der Waals surface area contributed by atoms with Crippen molar-refractivity contribution in [3.8, 4) is 0 Å². The largest absolute Gasteiger partial charge is 0.387 e. The minimum atomic E-state index is -0.553. The zero-order valence-corrected chi connectivity index (χ0v) is 10.4. The molecule has 0 amide bonds. The van der Waals surface area contributed by atoms with Crippen LogP contribution in [0, 0.1) is 0 Å². The van der Waals surface area contributed by atoms with Gasteiger partial charge in [0.15, 0.2) is 0 Å². The summed E-state index contributed by atoms with van der Waals surface area (Å²) in [5.74, 6) is 0. The molecule has 2 rings (SSSR count). The lowest BCUT2D eigenvalue weighted by Crippen LogP contribution is -2.44. The normalized spacial score (nSPS) is 24.4. The summed E-state index contributed by atoms with van der Waals surface area (Å²) in [6.07, 6.45) is 4.48. The average Bonchev–Trinajstić information content (AvgIpc) is 2.76. The Hall–Kier alpha value is -0.970. The minimum Gasteiger partial charge on any atom is -0.387 e. The Balaban J connectivity index is 1.93. The third-order valence-electron chi connectivity index (χ3n) is 3.34. The molecule has 0 saturated carbocycles. The van der Waals surface area contributed by atoms with Gasteiger partial charge in [0.25, 0.3) is 0 Å². The molecule has 2 N–H and O–H groups in total. The zero-order chi connectivity index (χ0) is 12.1. The van der Waals surface area contributed by atoms with E-state index in [1.807, 2.05) is 24.5 Å². The Morgan fingerprint density at radius 2 is 2.24 bits per heavy atom. The third-order valence-corrected chi connectivity index (χ3v) is 3.34. The van der Waals surface area contributed by atoms with Gasteiger partial charge in [-0.3, -0.25) is 9.88 Å². The quantitative estimate of drug-likeness (QED) is 0.786. The summed E-state index contributed by atoms with van der Waals surface area (Å²) in [5.41, 5.74) is 0.694. The van der Waals surface area contributed by atoms with Crippen LogP contribution in [0.1, 0.15) is 18.9 Å². The second kappa shape index (κ2) is 5.58. The fraction of sp³-hybridized carbons (Fsp3) is 0.615. The van der Waals surface area contributed by atoms with Crippen LogP contribution in [0.5, 0.6) is 0 Å². The Bertz CT molecular complexity index is 336. The SMILES string of the molecule is CCN(Cc1ccncc1)CC1(O)CCNC1. The summed E-state index contributed by atoms with van der Waals surface area (Å²) in [6.45, 7) is 6.32. The summed E-state index contributed by atoms with van der Waals surface area (Å²) in [5, 5.41) is 13.6. The highest BCUT2D eigenvalue weighted by Crippen LogP contribution is 2.17. The molecule has 17 heavy (non-hydrogen) atoms. The van der Waals surface area contributed by atoms with E-state index in [0.717, 1.165) is 32.6 Å². The maximum absolute atomic E-state index is 10.4. The van der Waals surface area contributed by atoms with Crippen molar-refractivity contribution in [3.63, 3.8) is 0 Å². The average molecular weight is 235 g/mol. The van der Waals surface area contributed by atoms with Crippen LogP contribution in [0.3, 0.4) is 0 Å². The van der Waals surface area contributed by atoms with Gasteiger partial charge in [-0.05, 0) is 37.2 Å². The molecule has 0 aromatic carbocycles. The summed E-state index contributed by atoms with van der Waals surface area (Å²) in [7, 11) is 0. The number of aliphatic hydroxyl groups is 1. The lowest BCUT2D eigenvalue weighted by Gasteiger charge is -2.30. The van der Waals surface area contributed by atoms with Crippen molar-refractivity contribution in [3.05, 3.63) is 30.1 Å². The number of likely N-dealkylation sites (N-methyl/N-ethyl adjacent to an activating group) is 1. The number of rotatable bonds is 5. The monoisotopic (exact) mass is 235 g/mol. The molecule has 1 aliphatic heterocycles.